The Kier molecular flexibility index (Phi) is 3.18. The number of phenols is 1. The largest absolute Gasteiger partial charge is 0.506 e. The van der Waals surface area contributed by atoms with Gasteiger partial charge in [0.25, 0.3) is 0 Å². The van der Waals surface area contributed by atoms with E-state index >= 15 is 0 Å². The fraction of sp³-hybridized carbons (Fsp3) is 0.550. The lowest BCUT2D eigenvalue weighted by molar-refractivity contribution is -0.148. The van der Waals surface area contributed by atoms with Crippen molar-refractivity contribution in [1.29, 1.82) is 0 Å². The summed E-state index contributed by atoms with van der Waals surface area (Å²) in [5.74, 6) is -0.809. The molecule has 3 fully saturated rings. The number of carbonyl (C=O) groups excluding carboxylic acids is 2. The summed E-state index contributed by atoms with van der Waals surface area (Å²) >= 11 is 0. The number of carbonyl (C=O) groups is 2. The molecule has 5 atom stereocenters. The van der Waals surface area contributed by atoms with Crippen LogP contribution in [-0.4, -0.2) is 53.7 Å². The highest BCUT2D eigenvalue weighted by molar-refractivity contribution is 6.14. The summed E-state index contributed by atoms with van der Waals surface area (Å²) in [6, 6.07) is 5.75. The summed E-state index contributed by atoms with van der Waals surface area (Å²) in [6.45, 7) is 3.19. The number of rotatable bonds is 2. The summed E-state index contributed by atoms with van der Waals surface area (Å²) in [7, 11) is 1.40. The number of piperidine rings is 1. The van der Waals surface area contributed by atoms with Crippen molar-refractivity contribution in [3.8, 4) is 5.75 Å². The van der Waals surface area contributed by atoms with Crippen LogP contribution in [0.4, 0.5) is 5.69 Å². The second-order valence-electron chi connectivity index (χ2n) is 8.02. The van der Waals surface area contributed by atoms with Crippen molar-refractivity contribution < 1.29 is 19.4 Å². The molecule has 26 heavy (non-hydrogen) atoms. The van der Waals surface area contributed by atoms with Gasteiger partial charge in [0.2, 0.25) is 0 Å². The van der Waals surface area contributed by atoms with Crippen LogP contribution in [0.2, 0.25) is 0 Å². The van der Waals surface area contributed by atoms with E-state index < -0.39 is 5.92 Å². The third-order valence-corrected chi connectivity index (χ3v) is 7.13. The third kappa shape index (κ3) is 1.73. The number of Topliss-reactive ketones (excluding diaryl/α,β-unsaturated/α-hetero) is 1. The SMILES string of the molecule is COC(=O)C1C2=Nc3c(O)cccc3[C@]23CCN2C[C@H](C(C)=O)[C@H]1C[C@@H]23. The van der Waals surface area contributed by atoms with Crippen molar-refractivity contribution in [2.45, 2.75) is 31.2 Å². The molecule has 0 amide bonds. The normalized spacial score (nSPS) is 36.9. The number of aliphatic imine (C=N–C) groups is 1. The highest BCUT2D eigenvalue weighted by Gasteiger charge is 2.66. The summed E-state index contributed by atoms with van der Waals surface area (Å²) < 4.78 is 5.14. The molecule has 1 unspecified atom stereocenters. The zero-order valence-electron chi connectivity index (χ0n) is 14.9. The Balaban J connectivity index is 1.75. The van der Waals surface area contributed by atoms with Gasteiger partial charge >= 0.3 is 5.97 Å². The molecule has 2 saturated heterocycles. The number of esters is 1. The maximum atomic E-state index is 12.8. The Morgan fingerprint density at radius 3 is 2.92 bits per heavy atom. The predicted octanol–water partition coefficient (Wildman–Crippen LogP) is 1.82. The summed E-state index contributed by atoms with van der Waals surface area (Å²) in [5, 5.41) is 10.4. The van der Waals surface area contributed by atoms with Crippen LogP contribution in [0.3, 0.4) is 0 Å². The van der Waals surface area contributed by atoms with Crippen molar-refractivity contribution >= 4 is 23.2 Å². The van der Waals surface area contributed by atoms with Gasteiger partial charge in [-0.2, -0.15) is 0 Å². The summed E-state index contributed by atoms with van der Waals surface area (Å²) in [4.78, 5) is 32.3. The lowest BCUT2D eigenvalue weighted by Gasteiger charge is -2.52. The quantitative estimate of drug-likeness (QED) is 0.820. The zero-order valence-corrected chi connectivity index (χ0v) is 14.9. The molecule has 2 bridgehead atoms. The fourth-order valence-corrected chi connectivity index (χ4v) is 6.07. The lowest BCUT2D eigenvalue weighted by atomic mass is 9.55. The van der Waals surface area contributed by atoms with Crippen LogP contribution in [0.1, 0.15) is 25.3 Å². The van der Waals surface area contributed by atoms with E-state index in [4.69, 9.17) is 9.73 Å². The van der Waals surface area contributed by atoms with E-state index in [0.29, 0.717) is 12.2 Å². The third-order valence-electron chi connectivity index (χ3n) is 7.13. The number of phenolic OH excluding ortho intramolecular Hbond substituents is 1. The van der Waals surface area contributed by atoms with E-state index in [2.05, 4.69) is 4.90 Å². The van der Waals surface area contributed by atoms with E-state index in [1.165, 1.54) is 7.11 Å². The van der Waals surface area contributed by atoms with Gasteiger partial charge in [-0.3, -0.25) is 19.5 Å². The first-order valence-electron chi connectivity index (χ1n) is 9.23. The van der Waals surface area contributed by atoms with Gasteiger partial charge in [-0.15, -0.1) is 0 Å². The average Bonchev–Trinajstić information content (AvgIpc) is 3.18. The number of benzene rings is 1. The van der Waals surface area contributed by atoms with Gasteiger partial charge < -0.3 is 9.84 Å². The first-order valence-corrected chi connectivity index (χ1v) is 9.23. The molecule has 0 radical (unpaired) electrons. The first-order chi connectivity index (χ1) is 12.5. The Labute approximate surface area is 151 Å². The minimum atomic E-state index is -0.516. The van der Waals surface area contributed by atoms with Crippen LogP contribution in [0.25, 0.3) is 0 Å². The molecule has 1 N–H and O–H groups in total. The number of fused-ring (bicyclic) bond motifs is 2. The minimum absolute atomic E-state index is 0.0809. The van der Waals surface area contributed by atoms with E-state index in [1.54, 1.807) is 13.0 Å². The molecule has 0 aromatic heterocycles. The van der Waals surface area contributed by atoms with E-state index in [-0.39, 0.29) is 40.8 Å². The molecule has 1 aromatic carbocycles. The molecule has 3 heterocycles. The van der Waals surface area contributed by atoms with Crippen LogP contribution in [0.15, 0.2) is 23.2 Å². The van der Waals surface area contributed by atoms with Gasteiger partial charge in [-0.1, -0.05) is 12.1 Å². The highest BCUT2D eigenvalue weighted by atomic mass is 16.5. The Hall–Kier alpha value is -2.21. The molecule has 1 spiro atoms. The molecule has 5 rings (SSSR count). The molecule has 4 aliphatic rings. The molecule has 1 aliphatic carbocycles. The Bertz CT molecular complexity index is 863. The van der Waals surface area contributed by atoms with Crippen molar-refractivity contribution in [3.63, 3.8) is 0 Å². The summed E-state index contributed by atoms with van der Waals surface area (Å²) in [5.41, 5.74) is 2.07. The molecular weight excluding hydrogens is 332 g/mol. The van der Waals surface area contributed by atoms with Gasteiger partial charge in [0, 0.05) is 24.2 Å². The first kappa shape index (κ1) is 16.0. The Morgan fingerprint density at radius 2 is 2.19 bits per heavy atom. The number of hydrogen-bond acceptors (Lipinski definition) is 6. The van der Waals surface area contributed by atoms with Crippen molar-refractivity contribution in [2.24, 2.45) is 22.7 Å². The standard InChI is InChI=1S/C20H22N2O4/c1-10(23)12-9-22-7-6-20-13-4-3-5-14(24)17(13)21-18(20)16(19(25)26-2)11(12)8-15(20)22/h3-5,11-12,15-16,24H,6-9H2,1-2H3/t11-,12-,15-,16?,20+/m1/s1. The monoisotopic (exact) mass is 354 g/mol. The minimum Gasteiger partial charge on any atom is -0.506 e. The van der Waals surface area contributed by atoms with E-state index in [1.807, 2.05) is 12.1 Å². The number of aromatic hydroxyl groups is 1. The van der Waals surface area contributed by atoms with Gasteiger partial charge in [-0.05, 0) is 43.9 Å². The van der Waals surface area contributed by atoms with Crippen molar-refractivity contribution in [2.75, 3.05) is 20.2 Å². The van der Waals surface area contributed by atoms with Crippen LogP contribution in [0, 0.1) is 17.8 Å². The number of methoxy groups -OCH3 is 1. The number of nitrogens with zero attached hydrogens (tertiary/aromatic N) is 2. The lowest BCUT2D eigenvalue weighted by Crippen LogP contribution is -2.63. The van der Waals surface area contributed by atoms with Crippen molar-refractivity contribution in [1.82, 2.24) is 4.90 Å². The number of para-hydroxylation sites is 1. The van der Waals surface area contributed by atoms with Crippen LogP contribution in [-0.2, 0) is 19.7 Å². The van der Waals surface area contributed by atoms with Crippen molar-refractivity contribution in [3.05, 3.63) is 23.8 Å². The predicted molar refractivity (Wildman–Crippen MR) is 94.6 cm³/mol. The zero-order chi connectivity index (χ0) is 18.2. The van der Waals surface area contributed by atoms with Gasteiger partial charge in [-0.25, -0.2) is 0 Å². The fourth-order valence-electron chi connectivity index (χ4n) is 6.07. The van der Waals surface area contributed by atoms with Crippen LogP contribution < -0.4 is 0 Å². The molecule has 6 heteroatoms. The summed E-state index contributed by atoms with van der Waals surface area (Å²) in [6.07, 6.45) is 1.65. The van der Waals surface area contributed by atoms with E-state index in [0.717, 1.165) is 30.7 Å². The molecule has 1 saturated carbocycles. The molecule has 6 nitrogen and oxygen atoms in total. The second-order valence-corrected chi connectivity index (χ2v) is 8.02. The number of ketones is 1. The maximum Gasteiger partial charge on any atom is 0.314 e. The number of hydrogen-bond donors (Lipinski definition) is 1. The van der Waals surface area contributed by atoms with Gasteiger partial charge in [0.1, 0.15) is 17.2 Å². The molecule has 136 valence electrons. The second kappa shape index (κ2) is 5.16. The Morgan fingerprint density at radius 1 is 1.38 bits per heavy atom. The molecule has 1 aromatic rings. The molecule has 3 aliphatic heterocycles. The number of ether oxygens (including phenoxy) is 1. The maximum absolute atomic E-state index is 12.8. The van der Waals surface area contributed by atoms with Gasteiger partial charge in [0.05, 0.1) is 18.4 Å². The smallest absolute Gasteiger partial charge is 0.314 e. The van der Waals surface area contributed by atoms with E-state index in [9.17, 15) is 14.7 Å². The topological polar surface area (TPSA) is 79.2 Å². The molecular formula is C20H22N2O4. The van der Waals surface area contributed by atoms with Gasteiger partial charge in [0.15, 0.2) is 0 Å². The average molecular weight is 354 g/mol. The highest BCUT2D eigenvalue weighted by Crippen LogP contribution is 2.61. The van der Waals surface area contributed by atoms with Crippen LogP contribution in [0.5, 0.6) is 5.75 Å². The van der Waals surface area contributed by atoms with Crippen LogP contribution >= 0.6 is 0 Å².